The Morgan fingerprint density at radius 1 is 1.23 bits per heavy atom. The van der Waals surface area contributed by atoms with Gasteiger partial charge in [-0.3, -0.25) is 0 Å². The molecule has 122 valence electrons. The highest BCUT2D eigenvalue weighted by molar-refractivity contribution is 5.80. The largest absolute Gasteiger partial charge is 0.458 e. The Hall–Kier alpha value is -1.69. The molecular formula is C16H26N4O2. The number of rotatable bonds is 2. The Bertz CT molecular complexity index is 543. The van der Waals surface area contributed by atoms with E-state index in [-0.39, 0.29) is 5.97 Å². The number of aromatic nitrogens is 2. The lowest BCUT2D eigenvalue weighted by molar-refractivity contribution is -0.156. The molecule has 2 heterocycles. The normalized spacial score (nSPS) is 19.2. The fourth-order valence-electron chi connectivity index (χ4n) is 2.41. The standard InChI is InChI=1S/C16H26N4O2/c1-10-11(2)18-15(19-12(10)3)20-8-7-17-9-13(20)14(21)22-16(4,5)6/h13,17H,7-9H2,1-6H3. The maximum absolute atomic E-state index is 12.5. The third-order valence-corrected chi connectivity index (χ3v) is 3.80. The lowest BCUT2D eigenvalue weighted by Gasteiger charge is -2.36. The molecule has 6 nitrogen and oxygen atoms in total. The van der Waals surface area contributed by atoms with Crippen LogP contribution in [0.2, 0.25) is 0 Å². The van der Waals surface area contributed by atoms with Crippen molar-refractivity contribution in [2.75, 3.05) is 24.5 Å². The number of aryl methyl sites for hydroxylation is 2. The number of piperazine rings is 1. The third-order valence-electron chi connectivity index (χ3n) is 3.80. The first kappa shape index (κ1) is 16.7. The molecule has 0 amide bonds. The topological polar surface area (TPSA) is 67.4 Å². The molecule has 1 aliphatic rings. The average Bonchev–Trinajstić information content (AvgIpc) is 2.42. The van der Waals surface area contributed by atoms with Crippen LogP contribution >= 0.6 is 0 Å². The van der Waals surface area contributed by atoms with Crippen LogP contribution in [0.3, 0.4) is 0 Å². The van der Waals surface area contributed by atoms with Crippen molar-refractivity contribution in [3.05, 3.63) is 17.0 Å². The number of carbonyl (C=O) groups excluding carboxylic acids is 1. The fraction of sp³-hybridized carbons (Fsp3) is 0.688. The summed E-state index contributed by atoms with van der Waals surface area (Å²) in [6.45, 7) is 13.6. The molecule has 0 bridgehead atoms. The minimum atomic E-state index is -0.500. The Labute approximate surface area is 132 Å². The van der Waals surface area contributed by atoms with Crippen LogP contribution in [0.1, 0.15) is 37.7 Å². The number of hydrogen-bond donors (Lipinski definition) is 1. The second-order valence-corrected chi connectivity index (χ2v) is 6.77. The molecule has 1 unspecified atom stereocenters. The van der Waals surface area contributed by atoms with Crippen molar-refractivity contribution in [3.63, 3.8) is 0 Å². The summed E-state index contributed by atoms with van der Waals surface area (Å²) in [5.74, 6) is 0.372. The van der Waals surface area contributed by atoms with Crippen molar-refractivity contribution in [2.24, 2.45) is 0 Å². The molecule has 0 radical (unpaired) electrons. The number of esters is 1. The van der Waals surface area contributed by atoms with Crippen LogP contribution in [-0.4, -0.2) is 47.2 Å². The Balaban J connectivity index is 2.28. The number of nitrogens with one attached hydrogen (secondary N) is 1. The highest BCUT2D eigenvalue weighted by Crippen LogP contribution is 2.20. The quantitative estimate of drug-likeness (QED) is 0.836. The minimum absolute atomic E-state index is 0.237. The van der Waals surface area contributed by atoms with Gasteiger partial charge in [-0.2, -0.15) is 0 Å². The summed E-state index contributed by atoms with van der Waals surface area (Å²) < 4.78 is 5.54. The number of hydrogen-bond acceptors (Lipinski definition) is 6. The molecule has 22 heavy (non-hydrogen) atoms. The van der Waals surface area contributed by atoms with Gasteiger partial charge < -0.3 is 15.0 Å². The van der Waals surface area contributed by atoms with Crippen LogP contribution < -0.4 is 10.2 Å². The molecule has 1 aliphatic heterocycles. The highest BCUT2D eigenvalue weighted by Gasteiger charge is 2.34. The van der Waals surface area contributed by atoms with Gasteiger partial charge in [-0.25, -0.2) is 14.8 Å². The molecule has 1 aromatic rings. The van der Waals surface area contributed by atoms with Crippen LogP contribution in [0.25, 0.3) is 0 Å². The van der Waals surface area contributed by atoms with Gasteiger partial charge in [0.05, 0.1) is 0 Å². The van der Waals surface area contributed by atoms with Gasteiger partial charge >= 0.3 is 5.97 Å². The highest BCUT2D eigenvalue weighted by atomic mass is 16.6. The van der Waals surface area contributed by atoms with Crippen LogP contribution in [0.4, 0.5) is 5.95 Å². The first-order chi connectivity index (χ1) is 10.2. The van der Waals surface area contributed by atoms with E-state index in [0.29, 0.717) is 19.0 Å². The van der Waals surface area contributed by atoms with E-state index in [2.05, 4.69) is 15.3 Å². The lowest BCUT2D eigenvalue weighted by atomic mass is 10.1. The average molecular weight is 306 g/mol. The van der Waals surface area contributed by atoms with Crippen LogP contribution in [-0.2, 0) is 9.53 Å². The van der Waals surface area contributed by atoms with E-state index in [1.54, 1.807) is 0 Å². The summed E-state index contributed by atoms with van der Waals surface area (Å²) in [6, 6.07) is -0.394. The molecule has 0 spiro atoms. The van der Waals surface area contributed by atoms with Crippen molar-refractivity contribution in [3.8, 4) is 0 Å². The zero-order valence-corrected chi connectivity index (χ0v) is 14.4. The second kappa shape index (κ2) is 6.20. The molecule has 0 saturated carbocycles. The third kappa shape index (κ3) is 3.74. The first-order valence-corrected chi connectivity index (χ1v) is 7.71. The predicted octanol–water partition coefficient (Wildman–Crippen LogP) is 1.52. The van der Waals surface area contributed by atoms with E-state index in [1.165, 1.54) is 0 Å². The van der Waals surface area contributed by atoms with Crippen molar-refractivity contribution < 1.29 is 9.53 Å². The van der Waals surface area contributed by atoms with E-state index in [0.717, 1.165) is 23.5 Å². The maximum atomic E-state index is 12.5. The van der Waals surface area contributed by atoms with Gasteiger partial charge in [0.2, 0.25) is 5.95 Å². The number of nitrogens with zero attached hydrogens (tertiary/aromatic N) is 3. The fourth-order valence-corrected chi connectivity index (χ4v) is 2.41. The summed E-state index contributed by atoms with van der Waals surface area (Å²) in [5, 5.41) is 3.24. The number of ether oxygens (including phenoxy) is 1. The Kier molecular flexibility index (Phi) is 4.70. The van der Waals surface area contributed by atoms with Gasteiger partial charge in [0, 0.05) is 31.0 Å². The lowest BCUT2D eigenvalue weighted by Crippen LogP contribution is -2.57. The minimum Gasteiger partial charge on any atom is -0.458 e. The molecule has 1 N–H and O–H groups in total. The number of carbonyl (C=O) groups is 1. The Morgan fingerprint density at radius 3 is 2.36 bits per heavy atom. The molecule has 2 rings (SSSR count). The van der Waals surface area contributed by atoms with Crippen molar-refractivity contribution in [1.29, 1.82) is 0 Å². The van der Waals surface area contributed by atoms with Crippen LogP contribution in [0, 0.1) is 20.8 Å². The number of anilines is 1. The zero-order chi connectivity index (χ0) is 16.5. The molecule has 0 aliphatic carbocycles. The van der Waals surface area contributed by atoms with Gasteiger partial charge in [0.15, 0.2) is 0 Å². The first-order valence-electron chi connectivity index (χ1n) is 7.71. The van der Waals surface area contributed by atoms with E-state index >= 15 is 0 Å². The summed E-state index contributed by atoms with van der Waals surface area (Å²) >= 11 is 0. The zero-order valence-electron chi connectivity index (χ0n) is 14.4. The van der Waals surface area contributed by atoms with E-state index in [4.69, 9.17) is 4.74 Å². The van der Waals surface area contributed by atoms with Crippen LogP contribution in [0.5, 0.6) is 0 Å². The molecule has 1 atom stereocenters. The Morgan fingerprint density at radius 2 is 1.82 bits per heavy atom. The van der Waals surface area contributed by atoms with Crippen molar-refractivity contribution >= 4 is 11.9 Å². The molecule has 1 aromatic heterocycles. The van der Waals surface area contributed by atoms with Gasteiger partial charge in [-0.05, 0) is 47.1 Å². The summed E-state index contributed by atoms with van der Waals surface area (Å²) in [4.78, 5) is 23.6. The molecule has 1 saturated heterocycles. The van der Waals surface area contributed by atoms with Crippen LogP contribution in [0.15, 0.2) is 0 Å². The van der Waals surface area contributed by atoms with Gasteiger partial charge in [0.1, 0.15) is 11.6 Å². The predicted molar refractivity (Wildman–Crippen MR) is 86.1 cm³/mol. The SMILES string of the molecule is Cc1nc(N2CCNCC2C(=O)OC(C)(C)C)nc(C)c1C. The summed E-state index contributed by atoms with van der Waals surface area (Å²) in [7, 11) is 0. The maximum Gasteiger partial charge on any atom is 0.330 e. The van der Waals surface area contributed by atoms with Gasteiger partial charge in [-0.1, -0.05) is 0 Å². The molecule has 1 fully saturated rings. The summed E-state index contributed by atoms with van der Waals surface area (Å²) in [6.07, 6.45) is 0. The molecule has 6 heteroatoms. The smallest absolute Gasteiger partial charge is 0.330 e. The van der Waals surface area contributed by atoms with E-state index in [1.807, 2.05) is 46.4 Å². The molecule has 0 aromatic carbocycles. The van der Waals surface area contributed by atoms with Gasteiger partial charge in [-0.15, -0.1) is 0 Å². The molecular weight excluding hydrogens is 280 g/mol. The van der Waals surface area contributed by atoms with Crippen molar-refractivity contribution in [2.45, 2.75) is 53.2 Å². The summed E-state index contributed by atoms with van der Waals surface area (Å²) in [5.41, 5.74) is 2.49. The monoisotopic (exact) mass is 306 g/mol. The second-order valence-electron chi connectivity index (χ2n) is 6.77. The van der Waals surface area contributed by atoms with Gasteiger partial charge in [0.25, 0.3) is 0 Å². The van der Waals surface area contributed by atoms with E-state index in [9.17, 15) is 4.79 Å². The van der Waals surface area contributed by atoms with Crippen molar-refractivity contribution in [1.82, 2.24) is 15.3 Å². The van der Waals surface area contributed by atoms with E-state index < -0.39 is 11.6 Å².